The molecular weight excluding hydrogens is 219 g/mol. The minimum absolute atomic E-state index is 0.277. The van der Waals surface area contributed by atoms with Crippen molar-refractivity contribution in [1.82, 2.24) is 0 Å². The summed E-state index contributed by atoms with van der Waals surface area (Å²) < 4.78 is 13.8. The van der Waals surface area contributed by atoms with Crippen molar-refractivity contribution in [3.8, 4) is 6.07 Å². The smallest absolute Gasteiger partial charge is 0.152 e. The molecule has 0 aliphatic heterocycles. The van der Waals surface area contributed by atoms with Gasteiger partial charge in [-0.15, -0.1) is 0 Å². The molecule has 0 aromatic heterocycles. The van der Waals surface area contributed by atoms with Crippen LogP contribution in [0, 0.1) is 17.1 Å². The maximum absolute atomic E-state index is 13.8. The Labute approximate surface area is 99.5 Å². The van der Waals surface area contributed by atoms with Crippen LogP contribution < -0.4 is 4.90 Å². The van der Waals surface area contributed by atoms with Crippen molar-refractivity contribution in [1.29, 1.82) is 5.26 Å². The van der Waals surface area contributed by atoms with Gasteiger partial charge in [-0.25, -0.2) is 4.39 Å². The number of nitrogens with zero attached hydrogens (tertiary/aromatic N) is 2. The fourth-order valence-corrected chi connectivity index (χ4v) is 1.96. The van der Waals surface area contributed by atoms with Gasteiger partial charge in [0.2, 0.25) is 0 Å². The van der Waals surface area contributed by atoms with Crippen LogP contribution in [0.3, 0.4) is 0 Å². The summed E-state index contributed by atoms with van der Waals surface area (Å²) in [7, 11) is 0. The maximum Gasteiger partial charge on any atom is 0.152 e. The number of halogens is 1. The molecule has 1 aromatic rings. The number of nitriles is 1. The van der Waals surface area contributed by atoms with Crippen molar-refractivity contribution in [3.63, 3.8) is 0 Å². The summed E-state index contributed by atoms with van der Waals surface area (Å²) in [5, 5.41) is 8.62. The molecule has 1 fully saturated rings. The van der Waals surface area contributed by atoms with Gasteiger partial charge in [-0.05, 0) is 25.0 Å². The molecule has 2 rings (SSSR count). The molecule has 0 unspecified atom stereocenters. The van der Waals surface area contributed by atoms with Crippen molar-refractivity contribution >= 4 is 12.0 Å². The van der Waals surface area contributed by atoms with E-state index in [0.717, 1.165) is 12.8 Å². The Kier molecular flexibility index (Phi) is 3.38. The third-order valence-corrected chi connectivity index (χ3v) is 2.88. The molecule has 88 valence electrons. The Hall–Kier alpha value is -1.89. The first kappa shape index (κ1) is 11.6. The quantitative estimate of drug-likeness (QED) is 0.733. The minimum atomic E-state index is -0.389. The third-order valence-electron chi connectivity index (χ3n) is 2.88. The van der Waals surface area contributed by atoms with E-state index in [0.29, 0.717) is 30.5 Å². The van der Waals surface area contributed by atoms with Gasteiger partial charge < -0.3 is 4.90 Å². The largest absolute Gasteiger partial charge is 0.365 e. The van der Waals surface area contributed by atoms with Crippen LogP contribution in [-0.2, 0) is 0 Å². The fraction of sp³-hybridized carbons (Fsp3) is 0.385. The topological polar surface area (TPSA) is 44.1 Å². The molecule has 0 bridgehead atoms. The first-order chi connectivity index (χ1) is 8.27. The molecule has 0 spiro atoms. The molecule has 0 heterocycles. The second-order valence-electron chi connectivity index (χ2n) is 4.13. The predicted octanol–water partition coefficient (Wildman–Crippen LogP) is 2.52. The molecule has 1 saturated carbocycles. The standard InChI is InChI=1S/C13H13FN2O/c14-12-4-1-3-10(9-17)13(12)16(8-2-7-15)11-5-6-11/h1,3-4,9,11H,2,5-6,8H2. The molecule has 4 heteroatoms. The van der Waals surface area contributed by atoms with Crippen molar-refractivity contribution in [2.24, 2.45) is 0 Å². The molecule has 0 N–H and O–H groups in total. The zero-order valence-corrected chi connectivity index (χ0v) is 9.40. The SMILES string of the molecule is N#CCCN(c1c(F)cccc1C=O)C1CC1. The van der Waals surface area contributed by atoms with Gasteiger partial charge in [0.1, 0.15) is 5.82 Å². The molecular formula is C13H13FN2O. The average molecular weight is 232 g/mol. The highest BCUT2D eigenvalue weighted by atomic mass is 19.1. The Morgan fingerprint density at radius 2 is 2.29 bits per heavy atom. The van der Waals surface area contributed by atoms with Crippen LogP contribution in [0.1, 0.15) is 29.6 Å². The number of hydrogen-bond acceptors (Lipinski definition) is 3. The lowest BCUT2D eigenvalue weighted by Crippen LogP contribution is -2.28. The number of carbonyl (C=O) groups excluding carboxylic acids is 1. The average Bonchev–Trinajstić information content (AvgIpc) is 3.15. The molecule has 0 atom stereocenters. The Morgan fingerprint density at radius 1 is 1.53 bits per heavy atom. The summed E-state index contributed by atoms with van der Waals surface area (Å²) in [6, 6.07) is 6.81. The lowest BCUT2D eigenvalue weighted by Gasteiger charge is -2.25. The van der Waals surface area contributed by atoms with E-state index in [1.807, 2.05) is 4.90 Å². The van der Waals surface area contributed by atoms with E-state index in [1.54, 1.807) is 6.07 Å². The van der Waals surface area contributed by atoms with Crippen molar-refractivity contribution < 1.29 is 9.18 Å². The lowest BCUT2D eigenvalue weighted by atomic mass is 10.1. The molecule has 1 aliphatic rings. The summed E-state index contributed by atoms with van der Waals surface area (Å²) in [6.07, 6.45) is 3.00. The Bertz CT molecular complexity index is 463. The van der Waals surface area contributed by atoms with Gasteiger partial charge >= 0.3 is 0 Å². The van der Waals surface area contributed by atoms with Crippen LogP contribution in [-0.4, -0.2) is 18.9 Å². The van der Waals surface area contributed by atoms with E-state index < -0.39 is 0 Å². The van der Waals surface area contributed by atoms with E-state index in [2.05, 4.69) is 6.07 Å². The lowest BCUT2D eigenvalue weighted by molar-refractivity contribution is 0.112. The van der Waals surface area contributed by atoms with Crippen molar-refractivity contribution in [2.45, 2.75) is 25.3 Å². The molecule has 0 radical (unpaired) electrons. The number of anilines is 1. The first-order valence-corrected chi connectivity index (χ1v) is 5.65. The summed E-state index contributed by atoms with van der Waals surface area (Å²) in [5.74, 6) is -0.389. The van der Waals surface area contributed by atoms with E-state index in [9.17, 15) is 9.18 Å². The third kappa shape index (κ3) is 2.44. The monoisotopic (exact) mass is 232 g/mol. The molecule has 3 nitrogen and oxygen atoms in total. The van der Waals surface area contributed by atoms with Crippen LogP contribution >= 0.6 is 0 Å². The summed E-state index contributed by atoms with van der Waals surface area (Å²) in [4.78, 5) is 12.8. The predicted molar refractivity (Wildman–Crippen MR) is 62.4 cm³/mol. The van der Waals surface area contributed by atoms with Crippen LogP contribution in [0.4, 0.5) is 10.1 Å². The van der Waals surface area contributed by atoms with Gasteiger partial charge in [-0.3, -0.25) is 4.79 Å². The number of benzene rings is 1. The zero-order chi connectivity index (χ0) is 12.3. The van der Waals surface area contributed by atoms with Gasteiger partial charge in [0.05, 0.1) is 18.2 Å². The van der Waals surface area contributed by atoms with Gasteiger partial charge in [0.25, 0.3) is 0 Å². The van der Waals surface area contributed by atoms with Crippen LogP contribution in [0.2, 0.25) is 0 Å². The number of rotatable bonds is 5. The number of hydrogen-bond donors (Lipinski definition) is 0. The first-order valence-electron chi connectivity index (χ1n) is 5.65. The highest BCUT2D eigenvalue weighted by Crippen LogP contribution is 2.34. The van der Waals surface area contributed by atoms with Gasteiger partial charge in [0.15, 0.2) is 6.29 Å². The molecule has 1 aliphatic carbocycles. The van der Waals surface area contributed by atoms with E-state index >= 15 is 0 Å². The molecule has 0 saturated heterocycles. The van der Waals surface area contributed by atoms with E-state index in [1.165, 1.54) is 12.1 Å². The van der Waals surface area contributed by atoms with Gasteiger partial charge in [0, 0.05) is 18.2 Å². The molecule has 17 heavy (non-hydrogen) atoms. The van der Waals surface area contributed by atoms with E-state index in [4.69, 9.17) is 5.26 Å². The minimum Gasteiger partial charge on any atom is -0.365 e. The highest BCUT2D eigenvalue weighted by Gasteiger charge is 2.31. The zero-order valence-electron chi connectivity index (χ0n) is 9.40. The van der Waals surface area contributed by atoms with Crippen LogP contribution in [0.5, 0.6) is 0 Å². The maximum atomic E-state index is 13.8. The number of aldehydes is 1. The fourth-order valence-electron chi connectivity index (χ4n) is 1.96. The second kappa shape index (κ2) is 4.96. The van der Waals surface area contributed by atoms with Crippen molar-refractivity contribution in [2.75, 3.05) is 11.4 Å². The van der Waals surface area contributed by atoms with Crippen LogP contribution in [0.15, 0.2) is 18.2 Å². The summed E-state index contributed by atoms with van der Waals surface area (Å²) >= 11 is 0. The van der Waals surface area contributed by atoms with Crippen LogP contribution in [0.25, 0.3) is 0 Å². The number of para-hydroxylation sites is 1. The Balaban J connectivity index is 2.34. The van der Waals surface area contributed by atoms with Gasteiger partial charge in [-0.1, -0.05) is 6.07 Å². The highest BCUT2D eigenvalue weighted by molar-refractivity contribution is 5.85. The summed E-state index contributed by atoms with van der Waals surface area (Å²) in [5.41, 5.74) is 0.704. The molecule has 1 aromatic carbocycles. The second-order valence-corrected chi connectivity index (χ2v) is 4.13. The normalized spacial score (nSPS) is 14.1. The summed E-state index contributed by atoms with van der Waals surface area (Å²) in [6.45, 7) is 0.475. The van der Waals surface area contributed by atoms with E-state index in [-0.39, 0.29) is 11.9 Å². The Morgan fingerprint density at radius 3 is 2.88 bits per heavy atom. The van der Waals surface area contributed by atoms with Gasteiger partial charge in [-0.2, -0.15) is 5.26 Å². The number of carbonyl (C=O) groups is 1. The molecule has 0 amide bonds. The van der Waals surface area contributed by atoms with Crippen molar-refractivity contribution in [3.05, 3.63) is 29.6 Å².